The number of anilines is 1. The number of benzene rings is 1. The number of nitrogens with zero attached hydrogens (tertiary/aromatic N) is 1. The summed E-state index contributed by atoms with van der Waals surface area (Å²) in [6.45, 7) is 4.14. The van der Waals surface area contributed by atoms with Gasteiger partial charge in [-0.15, -0.1) is 0 Å². The Kier molecular flexibility index (Phi) is 4.36. The van der Waals surface area contributed by atoms with Gasteiger partial charge in [-0.3, -0.25) is 0 Å². The lowest BCUT2D eigenvalue weighted by Crippen LogP contribution is -2.32. The van der Waals surface area contributed by atoms with Crippen molar-refractivity contribution in [2.45, 2.75) is 25.9 Å². The first-order valence-corrected chi connectivity index (χ1v) is 5.57. The second kappa shape index (κ2) is 5.55. The van der Waals surface area contributed by atoms with E-state index in [9.17, 15) is 5.11 Å². The molecule has 1 atom stereocenters. The van der Waals surface area contributed by atoms with Crippen molar-refractivity contribution in [2.24, 2.45) is 0 Å². The zero-order valence-corrected chi connectivity index (χ0v) is 10.4. The minimum Gasteiger partial charge on any atom is -0.495 e. The van der Waals surface area contributed by atoms with Crippen molar-refractivity contribution in [3.8, 4) is 11.8 Å². The molecule has 92 valence electrons. The first kappa shape index (κ1) is 13.3. The van der Waals surface area contributed by atoms with Gasteiger partial charge in [-0.2, -0.15) is 5.26 Å². The minimum atomic E-state index is -0.751. The zero-order chi connectivity index (χ0) is 12.9. The third-order valence-electron chi connectivity index (χ3n) is 2.75. The molecule has 1 aromatic rings. The lowest BCUT2D eigenvalue weighted by Gasteiger charge is -2.23. The van der Waals surface area contributed by atoms with Gasteiger partial charge in [0.05, 0.1) is 30.0 Å². The highest BCUT2D eigenvalue weighted by Gasteiger charge is 2.17. The van der Waals surface area contributed by atoms with Gasteiger partial charge >= 0.3 is 0 Å². The molecule has 0 bridgehead atoms. The molecule has 0 saturated carbocycles. The average Bonchev–Trinajstić information content (AvgIpc) is 2.36. The Morgan fingerprint density at radius 3 is 2.76 bits per heavy atom. The van der Waals surface area contributed by atoms with Crippen LogP contribution in [0.2, 0.25) is 0 Å². The zero-order valence-electron chi connectivity index (χ0n) is 10.4. The van der Waals surface area contributed by atoms with E-state index in [0.717, 1.165) is 5.69 Å². The van der Waals surface area contributed by atoms with Crippen molar-refractivity contribution in [1.82, 2.24) is 0 Å². The van der Waals surface area contributed by atoms with E-state index in [4.69, 9.17) is 10.00 Å². The molecule has 0 aliphatic carbocycles. The third-order valence-corrected chi connectivity index (χ3v) is 2.75. The number of rotatable bonds is 5. The quantitative estimate of drug-likeness (QED) is 0.819. The normalized spacial score (nSPS) is 13.6. The number of hydrogen-bond donors (Lipinski definition) is 2. The van der Waals surface area contributed by atoms with Crippen LogP contribution in [0.15, 0.2) is 18.2 Å². The minimum absolute atomic E-state index is 0.436. The lowest BCUT2D eigenvalue weighted by atomic mass is 10.0. The monoisotopic (exact) mass is 234 g/mol. The van der Waals surface area contributed by atoms with Crippen molar-refractivity contribution >= 4 is 5.69 Å². The molecule has 0 aliphatic heterocycles. The van der Waals surface area contributed by atoms with Crippen LogP contribution in [0.5, 0.6) is 5.75 Å². The van der Waals surface area contributed by atoms with Crippen LogP contribution in [0.3, 0.4) is 0 Å². The summed E-state index contributed by atoms with van der Waals surface area (Å²) >= 11 is 0. The molecule has 0 saturated heterocycles. The van der Waals surface area contributed by atoms with Crippen molar-refractivity contribution in [1.29, 1.82) is 5.26 Å². The third kappa shape index (κ3) is 3.65. The van der Waals surface area contributed by atoms with Crippen molar-refractivity contribution in [3.05, 3.63) is 23.8 Å². The number of nitrogens with one attached hydrogen (secondary N) is 1. The number of hydrogen-bond acceptors (Lipinski definition) is 4. The van der Waals surface area contributed by atoms with E-state index >= 15 is 0 Å². The number of ether oxygens (including phenoxy) is 1. The molecule has 0 heterocycles. The van der Waals surface area contributed by atoms with Crippen molar-refractivity contribution in [2.75, 3.05) is 19.0 Å². The fraction of sp³-hybridized carbons (Fsp3) is 0.462. The Morgan fingerprint density at radius 1 is 1.53 bits per heavy atom. The average molecular weight is 234 g/mol. The Bertz CT molecular complexity index is 422. The molecular weight excluding hydrogens is 216 g/mol. The molecule has 0 aromatic heterocycles. The SMILES string of the molecule is CCC(C)(O)CNc1ccc(C#N)cc1OC. The van der Waals surface area contributed by atoms with Gasteiger partial charge in [0.25, 0.3) is 0 Å². The molecule has 4 heteroatoms. The highest BCUT2D eigenvalue weighted by molar-refractivity contribution is 5.59. The Labute approximate surface area is 102 Å². The van der Waals surface area contributed by atoms with Crippen LogP contribution >= 0.6 is 0 Å². The van der Waals surface area contributed by atoms with Crippen LogP contribution < -0.4 is 10.1 Å². The molecule has 2 N–H and O–H groups in total. The summed E-state index contributed by atoms with van der Waals surface area (Å²) in [7, 11) is 1.56. The molecule has 0 radical (unpaired) electrons. The Hall–Kier alpha value is -1.73. The molecule has 0 aliphatic rings. The van der Waals surface area contributed by atoms with Gasteiger partial charge in [0.2, 0.25) is 0 Å². The summed E-state index contributed by atoms with van der Waals surface area (Å²) in [4.78, 5) is 0. The van der Waals surface area contributed by atoms with E-state index in [1.165, 1.54) is 0 Å². The maximum atomic E-state index is 9.89. The summed E-state index contributed by atoms with van der Waals surface area (Å²) in [6, 6.07) is 7.22. The molecule has 1 unspecified atom stereocenters. The molecule has 0 spiro atoms. The Balaban J connectivity index is 2.82. The molecule has 1 rings (SSSR count). The lowest BCUT2D eigenvalue weighted by molar-refractivity contribution is 0.0697. The van der Waals surface area contributed by atoms with Gasteiger partial charge < -0.3 is 15.2 Å². The van der Waals surface area contributed by atoms with Gasteiger partial charge in [-0.1, -0.05) is 6.92 Å². The first-order chi connectivity index (χ1) is 8.02. The highest BCUT2D eigenvalue weighted by Crippen LogP contribution is 2.26. The van der Waals surface area contributed by atoms with Crippen molar-refractivity contribution < 1.29 is 9.84 Å². The fourth-order valence-corrected chi connectivity index (χ4v) is 1.32. The van der Waals surface area contributed by atoms with Crippen LogP contribution in [0.4, 0.5) is 5.69 Å². The van der Waals surface area contributed by atoms with Crippen LogP contribution in [-0.4, -0.2) is 24.4 Å². The van der Waals surface area contributed by atoms with E-state index in [2.05, 4.69) is 11.4 Å². The molecule has 17 heavy (non-hydrogen) atoms. The van der Waals surface area contributed by atoms with Crippen LogP contribution in [0, 0.1) is 11.3 Å². The van der Waals surface area contributed by atoms with Crippen molar-refractivity contribution in [3.63, 3.8) is 0 Å². The summed E-state index contributed by atoms with van der Waals surface area (Å²) < 4.78 is 5.19. The van der Waals surface area contributed by atoms with E-state index in [1.54, 1.807) is 32.2 Å². The second-order valence-corrected chi connectivity index (χ2v) is 4.23. The second-order valence-electron chi connectivity index (χ2n) is 4.23. The van der Waals surface area contributed by atoms with E-state index in [0.29, 0.717) is 24.3 Å². The molecular formula is C13H18N2O2. The molecule has 4 nitrogen and oxygen atoms in total. The maximum absolute atomic E-state index is 9.89. The van der Waals surface area contributed by atoms with Crippen LogP contribution in [-0.2, 0) is 0 Å². The van der Waals surface area contributed by atoms with Gasteiger partial charge in [-0.25, -0.2) is 0 Å². The topological polar surface area (TPSA) is 65.3 Å². The largest absolute Gasteiger partial charge is 0.495 e. The predicted molar refractivity (Wildman–Crippen MR) is 67.1 cm³/mol. The van der Waals surface area contributed by atoms with Crippen LogP contribution in [0.25, 0.3) is 0 Å². The molecule has 0 fully saturated rings. The predicted octanol–water partition coefficient (Wildman–Crippen LogP) is 2.14. The highest BCUT2D eigenvalue weighted by atomic mass is 16.5. The fourth-order valence-electron chi connectivity index (χ4n) is 1.32. The van der Waals surface area contributed by atoms with E-state index in [-0.39, 0.29) is 0 Å². The maximum Gasteiger partial charge on any atom is 0.143 e. The standard InChI is InChI=1S/C13H18N2O2/c1-4-13(2,16)9-15-11-6-5-10(8-14)7-12(11)17-3/h5-7,15-16H,4,9H2,1-3H3. The summed E-state index contributed by atoms with van der Waals surface area (Å²) in [5.74, 6) is 0.607. The number of aliphatic hydroxyl groups is 1. The first-order valence-electron chi connectivity index (χ1n) is 5.57. The van der Waals surface area contributed by atoms with E-state index < -0.39 is 5.60 Å². The molecule has 0 amide bonds. The van der Waals surface area contributed by atoms with Crippen LogP contribution in [0.1, 0.15) is 25.8 Å². The summed E-state index contributed by atoms with van der Waals surface area (Å²) in [5, 5.41) is 21.8. The summed E-state index contributed by atoms with van der Waals surface area (Å²) in [5.41, 5.74) is 0.578. The number of methoxy groups -OCH3 is 1. The van der Waals surface area contributed by atoms with Gasteiger partial charge in [0, 0.05) is 12.6 Å². The molecule has 1 aromatic carbocycles. The Morgan fingerprint density at radius 2 is 2.24 bits per heavy atom. The van der Waals surface area contributed by atoms with Gasteiger partial charge in [0.15, 0.2) is 0 Å². The number of nitriles is 1. The van der Waals surface area contributed by atoms with Gasteiger partial charge in [-0.05, 0) is 25.5 Å². The van der Waals surface area contributed by atoms with Gasteiger partial charge in [0.1, 0.15) is 5.75 Å². The summed E-state index contributed by atoms with van der Waals surface area (Å²) in [6.07, 6.45) is 0.665. The smallest absolute Gasteiger partial charge is 0.143 e. The van der Waals surface area contributed by atoms with E-state index in [1.807, 2.05) is 6.92 Å².